The van der Waals surface area contributed by atoms with Crippen LogP contribution in [0.15, 0.2) is 24.8 Å². The fourth-order valence-corrected chi connectivity index (χ4v) is 2.36. The normalized spacial score (nSPS) is 13.6. The molecule has 1 aliphatic heterocycles. The second kappa shape index (κ2) is 6.80. The van der Waals surface area contributed by atoms with Crippen LogP contribution in [0, 0.1) is 0 Å². The maximum atomic E-state index is 9.04. The van der Waals surface area contributed by atoms with E-state index in [2.05, 4.69) is 11.5 Å². The van der Waals surface area contributed by atoms with Gasteiger partial charge in [0, 0.05) is 19.6 Å². The molecular formula is C14H18ClNO3. The molecule has 1 aromatic carbocycles. The van der Waals surface area contributed by atoms with Crippen molar-refractivity contribution in [2.45, 2.75) is 6.54 Å². The smallest absolute Gasteiger partial charge is 0.179 e. The van der Waals surface area contributed by atoms with E-state index in [1.807, 2.05) is 18.2 Å². The molecule has 0 fully saturated rings. The van der Waals surface area contributed by atoms with Crippen LogP contribution in [0.2, 0.25) is 5.02 Å². The van der Waals surface area contributed by atoms with Gasteiger partial charge in [-0.05, 0) is 17.7 Å². The van der Waals surface area contributed by atoms with Gasteiger partial charge >= 0.3 is 0 Å². The summed E-state index contributed by atoms with van der Waals surface area (Å²) in [6.07, 6.45) is 1.81. The zero-order chi connectivity index (χ0) is 13.7. The Labute approximate surface area is 118 Å². The predicted molar refractivity (Wildman–Crippen MR) is 75.0 cm³/mol. The molecule has 0 saturated heterocycles. The molecule has 0 saturated carbocycles. The van der Waals surface area contributed by atoms with Crippen molar-refractivity contribution in [3.63, 3.8) is 0 Å². The molecule has 1 aromatic rings. The minimum atomic E-state index is 0.117. The van der Waals surface area contributed by atoms with E-state index in [9.17, 15) is 0 Å². The van der Waals surface area contributed by atoms with Gasteiger partial charge in [0.2, 0.25) is 0 Å². The first kappa shape index (κ1) is 14.2. The van der Waals surface area contributed by atoms with Gasteiger partial charge in [-0.15, -0.1) is 6.58 Å². The van der Waals surface area contributed by atoms with Crippen molar-refractivity contribution in [3.8, 4) is 11.5 Å². The second-order valence-electron chi connectivity index (χ2n) is 4.35. The second-order valence-corrected chi connectivity index (χ2v) is 4.76. The lowest BCUT2D eigenvalue weighted by atomic mass is 10.1. The van der Waals surface area contributed by atoms with Crippen LogP contribution in [0.3, 0.4) is 0 Å². The number of rotatable bonds is 6. The fraction of sp³-hybridized carbons (Fsp3) is 0.429. The highest BCUT2D eigenvalue weighted by Crippen LogP contribution is 2.38. The van der Waals surface area contributed by atoms with Gasteiger partial charge in [-0.3, -0.25) is 4.90 Å². The zero-order valence-electron chi connectivity index (χ0n) is 10.8. The van der Waals surface area contributed by atoms with Gasteiger partial charge in [0.05, 0.1) is 11.6 Å². The highest BCUT2D eigenvalue weighted by molar-refractivity contribution is 6.32. The Hall–Kier alpha value is -1.23. The largest absolute Gasteiger partial charge is 0.486 e. The maximum absolute atomic E-state index is 9.04. The fourth-order valence-electron chi connectivity index (χ4n) is 2.07. The summed E-state index contributed by atoms with van der Waals surface area (Å²) in [5, 5.41) is 9.61. The van der Waals surface area contributed by atoms with Crippen LogP contribution >= 0.6 is 11.6 Å². The number of hydrogen-bond acceptors (Lipinski definition) is 4. The van der Waals surface area contributed by atoms with Crippen LogP contribution in [0.1, 0.15) is 5.56 Å². The topological polar surface area (TPSA) is 41.9 Å². The van der Waals surface area contributed by atoms with E-state index in [4.69, 9.17) is 26.2 Å². The first-order valence-electron chi connectivity index (χ1n) is 6.26. The molecule has 0 bridgehead atoms. The molecule has 0 amide bonds. The number of nitrogens with zero attached hydrogens (tertiary/aromatic N) is 1. The van der Waals surface area contributed by atoms with Crippen LogP contribution in [-0.2, 0) is 6.54 Å². The molecule has 0 unspecified atom stereocenters. The van der Waals surface area contributed by atoms with Gasteiger partial charge in [-0.1, -0.05) is 17.7 Å². The number of benzene rings is 1. The van der Waals surface area contributed by atoms with Crippen molar-refractivity contribution in [2.75, 3.05) is 32.9 Å². The molecule has 2 rings (SSSR count). The summed E-state index contributed by atoms with van der Waals surface area (Å²) >= 11 is 6.19. The van der Waals surface area contributed by atoms with Gasteiger partial charge in [0.15, 0.2) is 11.5 Å². The van der Waals surface area contributed by atoms with Crippen molar-refractivity contribution in [3.05, 3.63) is 35.4 Å². The lowest BCUT2D eigenvalue weighted by molar-refractivity contribution is 0.170. The third-order valence-corrected chi connectivity index (χ3v) is 3.15. The number of hydrogen-bond donors (Lipinski definition) is 1. The molecule has 1 N–H and O–H groups in total. The third-order valence-electron chi connectivity index (χ3n) is 2.87. The van der Waals surface area contributed by atoms with Gasteiger partial charge in [0.1, 0.15) is 13.2 Å². The van der Waals surface area contributed by atoms with E-state index in [1.54, 1.807) is 0 Å². The summed E-state index contributed by atoms with van der Waals surface area (Å²) in [7, 11) is 0. The van der Waals surface area contributed by atoms with Crippen molar-refractivity contribution >= 4 is 11.6 Å². The predicted octanol–water partition coefficient (Wildman–Crippen LogP) is 2.09. The first-order chi connectivity index (χ1) is 9.24. The van der Waals surface area contributed by atoms with Crippen LogP contribution in [0.5, 0.6) is 11.5 Å². The van der Waals surface area contributed by atoms with Crippen LogP contribution in [-0.4, -0.2) is 42.9 Å². The Balaban J connectivity index is 2.15. The number of ether oxygens (including phenoxy) is 2. The molecule has 0 spiro atoms. The summed E-state index contributed by atoms with van der Waals surface area (Å²) in [6.45, 7) is 6.90. The van der Waals surface area contributed by atoms with Gasteiger partial charge in [-0.2, -0.15) is 0 Å². The Morgan fingerprint density at radius 3 is 2.89 bits per heavy atom. The maximum Gasteiger partial charge on any atom is 0.179 e. The van der Waals surface area contributed by atoms with Crippen molar-refractivity contribution < 1.29 is 14.6 Å². The van der Waals surface area contributed by atoms with Gasteiger partial charge in [-0.25, -0.2) is 0 Å². The van der Waals surface area contributed by atoms with E-state index in [-0.39, 0.29) is 6.61 Å². The van der Waals surface area contributed by atoms with Crippen LogP contribution < -0.4 is 9.47 Å². The van der Waals surface area contributed by atoms with Crippen molar-refractivity contribution in [1.82, 2.24) is 4.90 Å². The number of aliphatic hydroxyl groups is 1. The Kier molecular flexibility index (Phi) is 5.07. The molecule has 1 aliphatic rings. The molecule has 0 aromatic heterocycles. The molecule has 0 aliphatic carbocycles. The Bertz CT molecular complexity index is 451. The SMILES string of the molecule is C=CCN(CCO)Cc1cc(Cl)c2c(c1)OCCO2. The minimum Gasteiger partial charge on any atom is -0.486 e. The Morgan fingerprint density at radius 2 is 2.16 bits per heavy atom. The number of fused-ring (bicyclic) bond motifs is 1. The van der Waals surface area contributed by atoms with Crippen LogP contribution in [0.4, 0.5) is 0 Å². The lowest BCUT2D eigenvalue weighted by Crippen LogP contribution is -2.26. The van der Waals surface area contributed by atoms with Gasteiger partial charge in [0.25, 0.3) is 0 Å². The molecule has 0 radical (unpaired) electrons. The summed E-state index contributed by atoms with van der Waals surface area (Å²) in [5.41, 5.74) is 1.03. The van der Waals surface area contributed by atoms with E-state index in [1.165, 1.54) is 0 Å². The monoisotopic (exact) mass is 283 g/mol. The number of halogens is 1. The van der Waals surface area contributed by atoms with Crippen LogP contribution in [0.25, 0.3) is 0 Å². The third kappa shape index (κ3) is 3.62. The van der Waals surface area contributed by atoms with E-state index < -0.39 is 0 Å². The first-order valence-corrected chi connectivity index (χ1v) is 6.64. The summed E-state index contributed by atoms with van der Waals surface area (Å²) in [6, 6.07) is 3.82. The number of aliphatic hydroxyl groups excluding tert-OH is 1. The summed E-state index contributed by atoms with van der Waals surface area (Å²) in [5.74, 6) is 1.31. The highest BCUT2D eigenvalue weighted by Gasteiger charge is 2.17. The van der Waals surface area contributed by atoms with E-state index in [0.29, 0.717) is 49.4 Å². The summed E-state index contributed by atoms with van der Waals surface area (Å²) in [4.78, 5) is 2.08. The lowest BCUT2D eigenvalue weighted by Gasteiger charge is -2.23. The molecule has 5 heteroatoms. The van der Waals surface area contributed by atoms with Crippen molar-refractivity contribution in [2.24, 2.45) is 0 Å². The van der Waals surface area contributed by atoms with E-state index in [0.717, 1.165) is 5.56 Å². The minimum absolute atomic E-state index is 0.117. The molecule has 1 heterocycles. The summed E-state index contributed by atoms with van der Waals surface area (Å²) < 4.78 is 11.0. The highest BCUT2D eigenvalue weighted by atomic mass is 35.5. The molecule has 0 atom stereocenters. The molecule has 19 heavy (non-hydrogen) atoms. The molecule has 104 valence electrons. The molecular weight excluding hydrogens is 266 g/mol. The standard InChI is InChI=1S/C14H18ClNO3/c1-2-3-16(4-5-17)10-11-8-12(15)14-13(9-11)18-6-7-19-14/h2,8-9,17H,1,3-7,10H2. The van der Waals surface area contributed by atoms with Gasteiger partial charge < -0.3 is 14.6 Å². The quantitative estimate of drug-likeness (QED) is 0.812. The average Bonchev–Trinajstić information content (AvgIpc) is 2.39. The molecule has 4 nitrogen and oxygen atoms in total. The van der Waals surface area contributed by atoms with E-state index >= 15 is 0 Å². The average molecular weight is 284 g/mol. The Morgan fingerprint density at radius 1 is 1.37 bits per heavy atom. The van der Waals surface area contributed by atoms with Crippen molar-refractivity contribution in [1.29, 1.82) is 0 Å². The zero-order valence-corrected chi connectivity index (χ0v) is 11.5.